The molecule has 28 heavy (non-hydrogen) atoms. The highest BCUT2D eigenvalue weighted by Gasteiger charge is 2.60. The number of benzene rings is 1. The van der Waals surface area contributed by atoms with E-state index in [1.807, 2.05) is 0 Å². The molecule has 150 valence electrons. The largest absolute Gasteiger partial charge is 0.391 e. The smallest absolute Gasteiger partial charge is 0.293 e. The van der Waals surface area contributed by atoms with Crippen molar-refractivity contribution in [3.05, 3.63) is 33.9 Å². The van der Waals surface area contributed by atoms with Crippen molar-refractivity contribution in [3.8, 4) is 0 Å². The summed E-state index contributed by atoms with van der Waals surface area (Å²) in [4.78, 5) is 28.4. The minimum atomic E-state index is -0.447. The Balaban J connectivity index is 1.43. The summed E-state index contributed by atoms with van der Waals surface area (Å²) in [5.41, 5.74) is 0.972. The first-order chi connectivity index (χ1) is 13.4. The van der Waals surface area contributed by atoms with Gasteiger partial charge >= 0.3 is 0 Å². The molecule has 1 aromatic rings. The van der Waals surface area contributed by atoms with E-state index >= 15 is 0 Å². The number of hydrogen-bond donors (Lipinski definition) is 1. The first-order valence-corrected chi connectivity index (χ1v) is 10.5. The molecule has 4 fully saturated rings. The number of aliphatic hydroxyl groups excluding tert-OH is 1. The average molecular weight is 385 g/mol. The summed E-state index contributed by atoms with van der Waals surface area (Å²) in [5, 5.41) is 22.3. The Labute approximate surface area is 164 Å². The van der Waals surface area contributed by atoms with Gasteiger partial charge in [0.2, 0.25) is 0 Å². The number of piperidine rings is 1. The molecule has 5 rings (SSSR count). The van der Waals surface area contributed by atoms with E-state index in [9.17, 15) is 20.0 Å². The third-order valence-electron chi connectivity index (χ3n) is 7.53. The van der Waals surface area contributed by atoms with Gasteiger partial charge in [-0.1, -0.05) is 6.92 Å². The first kappa shape index (κ1) is 17.9. The number of hydrogen-bond acceptors (Lipinski definition) is 5. The van der Waals surface area contributed by atoms with E-state index in [1.165, 1.54) is 6.07 Å². The maximum Gasteiger partial charge on any atom is 0.293 e. The van der Waals surface area contributed by atoms with E-state index in [0.717, 1.165) is 38.8 Å². The van der Waals surface area contributed by atoms with Crippen LogP contribution in [0.25, 0.3) is 0 Å². The normalized spacial score (nSPS) is 36.2. The molecule has 2 bridgehead atoms. The molecule has 2 heterocycles. The molecule has 2 aliphatic carbocycles. The van der Waals surface area contributed by atoms with Crippen LogP contribution in [0.3, 0.4) is 0 Å². The van der Waals surface area contributed by atoms with Gasteiger partial charge in [-0.25, -0.2) is 0 Å². The molecule has 7 heteroatoms. The van der Waals surface area contributed by atoms with Crippen LogP contribution in [-0.4, -0.2) is 52.6 Å². The molecule has 0 aromatic heterocycles. The molecule has 7 nitrogen and oxygen atoms in total. The van der Waals surface area contributed by atoms with Crippen molar-refractivity contribution < 1.29 is 14.8 Å². The molecule has 0 radical (unpaired) electrons. The second-order valence-corrected chi connectivity index (χ2v) is 9.25. The Morgan fingerprint density at radius 1 is 1.25 bits per heavy atom. The van der Waals surface area contributed by atoms with Gasteiger partial charge in [-0.05, 0) is 61.5 Å². The van der Waals surface area contributed by atoms with Crippen molar-refractivity contribution in [2.24, 2.45) is 23.7 Å². The molecule has 1 aromatic carbocycles. The van der Waals surface area contributed by atoms with E-state index in [2.05, 4.69) is 11.8 Å². The number of likely N-dealkylation sites (tertiary alicyclic amines) is 1. The number of fused-ring (bicyclic) bond motifs is 1. The molecule has 2 aliphatic heterocycles. The van der Waals surface area contributed by atoms with E-state index in [-0.39, 0.29) is 22.6 Å². The highest BCUT2D eigenvalue weighted by atomic mass is 16.6. The molecule has 1 N–H and O–H groups in total. The highest BCUT2D eigenvalue weighted by Crippen LogP contribution is 2.55. The summed E-state index contributed by atoms with van der Waals surface area (Å²) in [6.07, 6.45) is 3.72. The van der Waals surface area contributed by atoms with E-state index < -0.39 is 6.10 Å². The van der Waals surface area contributed by atoms with Crippen LogP contribution >= 0.6 is 0 Å². The quantitative estimate of drug-likeness (QED) is 0.638. The number of rotatable bonds is 3. The van der Waals surface area contributed by atoms with Gasteiger partial charge < -0.3 is 14.9 Å². The lowest BCUT2D eigenvalue weighted by Gasteiger charge is -2.32. The van der Waals surface area contributed by atoms with Crippen LogP contribution in [0.1, 0.15) is 43.0 Å². The molecular formula is C21H27N3O4. The zero-order valence-electron chi connectivity index (χ0n) is 16.2. The fraction of sp³-hybridized carbons (Fsp3) is 0.667. The molecule has 4 aliphatic rings. The summed E-state index contributed by atoms with van der Waals surface area (Å²) in [5.74, 6) is 1.52. The standard InChI is InChI=1S/C21H27N3O4/c1-12-3-2-6-22(10-12)17-5-4-13(9-18(17)24(27)28)21(26)23-11-15-7-14-8-16(15)19(23)20(14)25/h4-5,9,12,14-16,19-20,25H,2-3,6-8,10-11H2,1H3/t12-,14+,15+,16-,19-,20-/m1/s1. The van der Waals surface area contributed by atoms with Gasteiger partial charge in [0.25, 0.3) is 11.6 Å². The number of aliphatic hydroxyl groups is 1. The van der Waals surface area contributed by atoms with Crippen LogP contribution in [0.2, 0.25) is 0 Å². The van der Waals surface area contributed by atoms with Crippen LogP contribution in [-0.2, 0) is 0 Å². The molecule has 0 spiro atoms. The molecule has 0 unspecified atom stereocenters. The predicted molar refractivity (Wildman–Crippen MR) is 104 cm³/mol. The molecular weight excluding hydrogens is 358 g/mol. The first-order valence-electron chi connectivity index (χ1n) is 10.5. The van der Waals surface area contributed by atoms with Crippen molar-refractivity contribution in [2.45, 2.75) is 44.8 Å². The van der Waals surface area contributed by atoms with Gasteiger partial charge in [-0.15, -0.1) is 0 Å². The van der Waals surface area contributed by atoms with Gasteiger partial charge in [-0.2, -0.15) is 0 Å². The van der Waals surface area contributed by atoms with Gasteiger partial charge in [0.15, 0.2) is 0 Å². The SMILES string of the molecule is C[C@@H]1CCCN(c2ccc(C(=O)N3C[C@@H]4C[C@H]5C[C@H]4[C@@H]3[C@@H]5O)cc2[N+](=O)[O-])C1. The third kappa shape index (κ3) is 2.63. The lowest BCUT2D eigenvalue weighted by atomic mass is 9.88. The van der Waals surface area contributed by atoms with Gasteiger partial charge in [-0.3, -0.25) is 14.9 Å². The van der Waals surface area contributed by atoms with Crippen LogP contribution in [0.4, 0.5) is 11.4 Å². The summed E-state index contributed by atoms with van der Waals surface area (Å²) < 4.78 is 0. The van der Waals surface area contributed by atoms with Crippen LogP contribution in [0.15, 0.2) is 18.2 Å². The van der Waals surface area contributed by atoms with Gasteiger partial charge in [0.1, 0.15) is 5.69 Å². The zero-order valence-corrected chi connectivity index (χ0v) is 16.2. The second-order valence-electron chi connectivity index (χ2n) is 9.25. The van der Waals surface area contributed by atoms with E-state index in [4.69, 9.17) is 0 Å². The summed E-state index contributed by atoms with van der Waals surface area (Å²) >= 11 is 0. The molecule has 2 saturated heterocycles. The maximum atomic E-state index is 13.2. The molecule has 2 saturated carbocycles. The third-order valence-corrected chi connectivity index (χ3v) is 7.53. The second kappa shape index (κ2) is 6.44. The van der Waals surface area contributed by atoms with Crippen molar-refractivity contribution in [3.63, 3.8) is 0 Å². The Kier molecular flexibility index (Phi) is 4.12. The predicted octanol–water partition coefficient (Wildman–Crippen LogP) is 2.67. The van der Waals surface area contributed by atoms with Crippen molar-refractivity contribution >= 4 is 17.3 Å². The van der Waals surface area contributed by atoms with Crippen molar-refractivity contribution in [2.75, 3.05) is 24.5 Å². The summed E-state index contributed by atoms with van der Waals surface area (Å²) in [6.45, 7) is 4.45. The Morgan fingerprint density at radius 3 is 2.79 bits per heavy atom. The summed E-state index contributed by atoms with van der Waals surface area (Å²) in [6, 6.07) is 4.79. The lowest BCUT2D eigenvalue weighted by Crippen LogP contribution is -2.43. The highest BCUT2D eigenvalue weighted by molar-refractivity contribution is 5.96. The number of nitrogens with zero attached hydrogens (tertiary/aromatic N) is 3. The van der Waals surface area contributed by atoms with Crippen LogP contribution in [0, 0.1) is 33.8 Å². The number of carbonyl (C=O) groups excluding carboxylic acids is 1. The van der Waals surface area contributed by atoms with E-state index in [0.29, 0.717) is 41.5 Å². The molecule has 6 atom stereocenters. The van der Waals surface area contributed by atoms with Gasteiger partial charge in [0.05, 0.1) is 17.1 Å². The van der Waals surface area contributed by atoms with E-state index in [1.54, 1.807) is 17.0 Å². The van der Waals surface area contributed by atoms with Crippen molar-refractivity contribution in [1.29, 1.82) is 0 Å². The average Bonchev–Trinajstić information content (AvgIpc) is 3.30. The number of amides is 1. The number of anilines is 1. The van der Waals surface area contributed by atoms with Crippen LogP contribution in [0.5, 0.6) is 0 Å². The minimum Gasteiger partial charge on any atom is -0.391 e. The number of carbonyl (C=O) groups is 1. The monoisotopic (exact) mass is 385 g/mol. The Morgan fingerprint density at radius 2 is 2.07 bits per heavy atom. The fourth-order valence-corrected chi connectivity index (χ4v) is 6.29. The van der Waals surface area contributed by atoms with Crippen molar-refractivity contribution in [1.82, 2.24) is 4.90 Å². The maximum absolute atomic E-state index is 13.2. The topological polar surface area (TPSA) is 86.9 Å². The number of nitro benzene ring substituents is 1. The van der Waals surface area contributed by atoms with Gasteiger partial charge in [0, 0.05) is 31.3 Å². The number of nitro groups is 1. The lowest BCUT2D eigenvalue weighted by molar-refractivity contribution is -0.384. The minimum absolute atomic E-state index is 0.00645. The Bertz CT molecular complexity index is 826. The molecule has 1 amide bonds. The fourth-order valence-electron chi connectivity index (χ4n) is 6.29. The van der Waals surface area contributed by atoms with Crippen LogP contribution < -0.4 is 4.90 Å². The summed E-state index contributed by atoms with van der Waals surface area (Å²) in [7, 11) is 0. The Hall–Kier alpha value is -2.15. The zero-order chi connectivity index (χ0) is 19.6.